The number of oxazole rings is 1. The molecule has 13 heavy (non-hydrogen) atoms. The van der Waals surface area contributed by atoms with Crippen LogP contribution in [-0.4, -0.2) is 16.1 Å². The SMILES string of the molecule is O=C(O)CC1CCc2oc(=O)[nH]c21. The van der Waals surface area contributed by atoms with Gasteiger partial charge >= 0.3 is 11.7 Å². The zero-order chi connectivity index (χ0) is 9.42. The summed E-state index contributed by atoms with van der Waals surface area (Å²) < 4.78 is 4.83. The summed E-state index contributed by atoms with van der Waals surface area (Å²) in [5, 5.41) is 8.58. The van der Waals surface area contributed by atoms with Gasteiger partial charge in [0, 0.05) is 12.3 Å². The van der Waals surface area contributed by atoms with Gasteiger partial charge in [-0.2, -0.15) is 0 Å². The molecule has 1 unspecified atom stereocenters. The van der Waals surface area contributed by atoms with E-state index < -0.39 is 11.7 Å². The molecule has 2 rings (SSSR count). The molecule has 0 saturated heterocycles. The quantitative estimate of drug-likeness (QED) is 0.698. The Bertz CT molecular complexity index is 389. The number of rotatable bonds is 2. The molecule has 0 aliphatic heterocycles. The van der Waals surface area contributed by atoms with Crippen molar-refractivity contribution in [3.8, 4) is 0 Å². The van der Waals surface area contributed by atoms with Crippen molar-refractivity contribution in [2.45, 2.75) is 25.2 Å². The van der Waals surface area contributed by atoms with Crippen molar-refractivity contribution in [3.05, 3.63) is 22.0 Å². The first-order valence-electron chi connectivity index (χ1n) is 4.10. The number of carbonyl (C=O) groups is 1. The lowest BCUT2D eigenvalue weighted by atomic mass is 10.0. The van der Waals surface area contributed by atoms with Crippen molar-refractivity contribution in [1.82, 2.24) is 4.98 Å². The molecule has 5 heteroatoms. The van der Waals surface area contributed by atoms with Crippen molar-refractivity contribution in [2.24, 2.45) is 0 Å². The van der Waals surface area contributed by atoms with Crippen LogP contribution in [0.1, 0.15) is 30.2 Å². The minimum Gasteiger partial charge on any atom is -0.481 e. The highest BCUT2D eigenvalue weighted by atomic mass is 16.4. The lowest BCUT2D eigenvalue weighted by molar-refractivity contribution is -0.137. The molecular weight excluding hydrogens is 174 g/mol. The molecule has 0 fully saturated rings. The molecule has 5 nitrogen and oxygen atoms in total. The smallest absolute Gasteiger partial charge is 0.416 e. The summed E-state index contributed by atoms with van der Waals surface area (Å²) >= 11 is 0. The molecule has 0 bridgehead atoms. The predicted octanol–water partition coefficient (Wildman–Crippen LogP) is 0.472. The van der Waals surface area contributed by atoms with E-state index in [4.69, 9.17) is 9.52 Å². The van der Waals surface area contributed by atoms with Gasteiger partial charge in [0.15, 0.2) is 0 Å². The normalized spacial score (nSPS) is 20.2. The van der Waals surface area contributed by atoms with Gasteiger partial charge < -0.3 is 9.52 Å². The highest BCUT2D eigenvalue weighted by Crippen LogP contribution is 2.32. The Morgan fingerprint density at radius 3 is 3.15 bits per heavy atom. The third-order valence-electron chi connectivity index (χ3n) is 2.30. The lowest BCUT2D eigenvalue weighted by Gasteiger charge is -2.03. The minimum atomic E-state index is -0.847. The topological polar surface area (TPSA) is 83.3 Å². The maximum absolute atomic E-state index is 10.8. The van der Waals surface area contributed by atoms with Crippen LogP contribution in [0.4, 0.5) is 0 Å². The van der Waals surface area contributed by atoms with E-state index in [1.54, 1.807) is 0 Å². The monoisotopic (exact) mass is 183 g/mol. The number of H-pyrrole nitrogens is 1. The zero-order valence-electron chi connectivity index (χ0n) is 6.87. The van der Waals surface area contributed by atoms with E-state index in [0.29, 0.717) is 17.9 Å². The summed E-state index contributed by atoms with van der Waals surface area (Å²) in [4.78, 5) is 23.7. The van der Waals surface area contributed by atoms with Gasteiger partial charge in [0.2, 0.25) is 0 Å². The number of aromatic nitrogens is 1. The first-order valence-corrected chi connectivity index (χ1v) is 4.10. The lowest BCUT2D eigenvalue weighted by Crippen LogP contribution is -2.06. The van der Waals surface area contributed by atoms with Crippen molar-refractivity contribution < 1.29 is 14.3 Å². The fourth-order valence-corrected chi connectivity index (χ4v) is 1.75. The number of aromatic amines is 1. The van der Waals surface area contributed by atoms with Crippen LogP contribution < -0.4 is 5.76 Å². The van der Waals surface area contributed by atoms with Gasteiger partial charge in [0.1, 0.15) is 5.76 Å². The van der Waals surface area contributed by atoms with Crippen LogP contribution in [-0.2, 0) is 11.2 Å². The number of aryl methyl sites for hydroxylation is 1. The molecule has 70 valence electrons. The average Bonchev–Trinajstić information content (AvgIpc) is 2.51. The van der Waals surface area contributed by atoms with Crippen LogP contribution in [0.2, 0.25) is 0 Å². The Balaban J connectivity index is 2.27. The van der Waals surface area contributed by atoms with Crippen LogP contribution in [0.5, 0.6) is 0 Å². The molecule has 1 atom stereocenters. The summed E-state index contributed by atoms with van der Waals surface area (Å²) in [5.74, 6) is -0.796. The Morgan fingerprint density at radius 2 is 2.46 bits per heavy atom. The van der Waals surface area contributed by atoms with E-state index in [1.807, 2.05) is 0 Å². The van der Waals surface area contributed by atoms with Crippen molar-refractivity contribution in [1.29, 1.82) is 0 Å². The summed E-state index contributed by atoms with van der Waals surface area (Å²) in [6.45, 7) is 0. The number of nitrogens with one attached hydrogen (secondary N) is 1. The molecule has 0 aromatic carbocycles. The number of fused-ring (bicyclic) bond motifs is 1. The van der Waals surface area contributed by atoms with Crippen molar-refractivity contribution in [3.63, 3.8) is 0 Å². The Kier molecular flexibility index (Phi) is 1.72. The maximum Gasteiger partial charge on any atom is 0.416 e. The molecule has 2 N–H and O–H groups in total. The molecular formula is C8H9NO4. The maximum atomic E-state index is 10.8. The fraction of sp³-hybridized carbons (Fsp3) is 0.500. The molecule has 1 heterocycles. The van der Waals surface area contributed by atoms with Gasteiger partial charge in [-0.1, -0.05) is 0 Å². The second-order valence-electron chi connectivity index (χ2n) is 3.18. The van der Waals surface area contributed by atoms with Gasteiger partial charge in [-0.15, -0.1) is 0 Å². The molecule has 1 aromatic heterocycles. The molecule has 1 aliphatic carbocycles. The minimum absolute atomic E-state index is 0.0580. The molecule has 1 aliphatic rings. The van der Waals surface area contributed by atoms with Gasteiger partial charge in [-0.25, -0.2) is 4.79 Å². The summed E-state index contributed by atoms with van der Waals surface area (Å²) in [6.07, 6.45) is 1.46. The molecule has 0 saturated carbocycles. The molecule has 1 aromatic rings. The third-order valence-corrected chi connectivity index (χ3v) is 2.30. The van der Waals surface area contributed by atoms with E-state index in [-0.39, 0.29) is 12.3 Å². The first kappa shape index (κ1) is 8.10. The van der Waals surface area contributed by atoms with Gasteiger partial charge in [-0.3, -0.25) is 9.78 Å². The van der Waals surface area contributed by atoms with Crippen LogP contribution in [0.3, 0.4) is 0 Å². The summed E-state index contributed by atoms with van der Waals surface area (Å²) in [5.41, 5.74) is 0.674. The third kappa shape index (κ3) is 1.37. The van der Waals surface area contributed by atoms with Crippen LogP contribution in [0.25, 0.3) is 0 Å². The highest BCUT2D eigenvalue weighted by Gasteiger charge is 2.28. The largest absolute Gasteiger partial charge is 0.481 e. The van der Waals surface area contributed by atoms with E-state index in [9.17, 15) is 9.59 Å². The molecule has 0 spiro atoms. The predicted molar refractivity (Wildman–Crippen MR) is 42.6 cm³/mol. The Labute approximate surface area is 73.4 Å². The number of hydrogen-bond acceptors (Lipinski definition) is 3. The van der Waals surface area contributed by atoms with Crippen molar-refractivity contribution >= 4 is 5.97 Å². The van der Waals surface area contributed by atoms with Crippen LogP contribution >= 0.6 is 0 Å². The number of carboxylic acid groups (broad SMARTS) is 1. The second kappa shape index (κ2) is 2.76. The van der Waals surface area contributed by atoms with E-state index >= 15 is 0 Å². The van der Waals surface area contributed by atoms with Crippen LogP contribution in [0, 0.1) is 0 Å². The summed E-state index contributed by atoms with van der Waals surface area (Å²) in [7, 11) is 0. The van der Waals surface area contributed by atoms with Gasteiger partial charge in [-0.05, 0) is 6.42 Å². The number of aliphatic carboxylic acids is 1. The van der Waals surface area contributed by atoms with Gasteiger partial charge in [0.25, 0.3) is 0 Å². The molecule has 0 radical (unpaired) electrons. The Hall–Kier alpha value is -1.52. The summed E-state index contributed by atoms with van der Waals surface area (Å²) in [6, 6.07) is 0. The van der Waals surface area contributed by atoms with Crippen LogP contribution in [0.15, 0.2) is 9.21 Å². The first-order chi connectivity index (χ1) is 6.16. The van der Waals surface area contributed by atoms with E-state index in [1.165, 1.54) is 0 Å². The van der Waals surface area contributed by atoms with Gasteiger partial charge in [0.05, 0.1) is 12.1 Å². The van der Waals surface area contributed by atoms with E-state index in [2.05, 4.69) is 4.98 Å². The Morgan fingerprint density at radius 1 is 1.69 bits per heavy atom. The zero-order valence-corrected chi connectivity index (χ0v) is 6.87. The standard InChI is InChI=1S/C8H9NO4/c10-6(11)3-4-1-2-5-7(4)9-8(12)13-5/h4H,1-3H2,(H,9,12)(H,10,11). The van der Waals surface area contributed by atoms with Crippen molar-refractivity contribution in [2.75, 3.05) is 0 Å². The number of carboxylic acids is 1. The fourth-order valence-electron chi connectivity index (χ4n) is 1.75. The number of hydrogen-bond donors (Lipinski definition) is 2. The second-order valence-corrected chi connectivity index (χ2v) is 3.18. The highest BCUT2D eigenvalue weighted by molar-refractivity contribution is 5.68. The average molecular weight is 183 g/mol. The molecule has 0 amide bonds. The van der Waals surface area contributed by atoms with E-state index in [0.717, 1.165) is 6.42 Å².